The zero-order valence-electron chi connectivity index (χ0n) is 20.8. The lowest BCUT2D eigenvalue weighted by molar-refractivity contribution is -0.111. The van der Waals surface area contributed by atoms with E-state index in [0.29, 0.717) is 63.2 Å². The molecule has 0 aliphatic rings. The van der Waals surface area contributed by atoms with Gasteiger partial charge in [-0.05, 0) is 84.2 Å². The van der Waals surface area contributed by atoms with Crippen molar-refractivity contribution in [1.29, 1.82) is 0 Å². The smallest absolute Gasteiger partial charge is 0.197 e. The van der Waals surface area contributed by atoms with Gasteiger partial charge in [-0.3, -0.25) is 4.79 Å². The third-order valence-corrected chi connectivity index (χ3v) is 7.13. The van der Waals surface area contributed by atoms with Gasteiger partial charge in [0.1, 0.15) is 22.8 Å². The molecule has 0 saturated heterocycles. The number of furan rings is 1. The summed E-state index contributed by atoms with van der Waals surface area (Å²) in [5, 5.41) is 10.9. The van der Waals surface area contributed by atoms with Crippen LogP contribution in [0.15, 0.2) is 65.1 Å². The normalized spacial score (nSPS) is 11.1. The van der Waals surface area contributed by atoms with Crippen LogP contribution in [-0.2, 0) is 17.6 Å². The van der Waals surface area contributed by atoms with Gasteiger partial charge in [0.05, 0.1) is 21.4 Å². The fraction of sp³-hybridized carbons (Fsp3) is 0.267. The number of fused-ring (bicyclic) bond motifs is 1. The number of ketones is 1. The molecule has 0 unspecified atom stereocenters. The minimum atomic E-state index is -0.309. The first kappa shape index (κ1) is 27.0. The van der Waals surface area contributed by atoms with E-state index in [1.165, 1.54) is 5.56 Å². The molecular weight excluding hydrogens is 578 g/mol. The van der Waals surface area contributed by atoms with Crippen LogP contribution in [0.25, 0.3) is 11.0 Å². The highest BCUT2D eigenvalue weighted by Gasteiger charge is 2.23. The highest BCUT2D eigenvalue weighted by atomic mass is 127. The zero-order chi connectivity index (χ0) is 26.4. The molecule has 0 saturated carbocycles. The average molecular weight is 606 g/mol. The lowest BCUT2D eigenvalue weighted by atomic mass is 9.95. The van der Waals surface area contributed by atoms with Gasteiger partial charge >= 0.3 is 0 Å². The molecule has 0 atom stereocenters. The molecule has 1 N–H and O–H groups in total. The summed E-state index contributed by atoms with van der Waals surface area (Å²) in [4.78, 5) is 24.8. The van der Waals surface area contributed by atoms with Crippen LogP contribution in [0, 0.1) is 10.5 Å². The van der Waals surface area contributed by atoms with Crippen molar-refractivity contribution in [2.45, 2.75) is 45.4 Å². The number of unbranched alkanes of at least 4 members (excludes halogenated alkanes) is 2. The largest absolute Gasteiger partial charge is 0.507 e. The molecule has 0 aliphatic carbocycles. The molecule has 3 aromatic carbocycles. The monoisotopic (exact) mass is 606 g/mol. The predicted molar refractivity (Wildman–Crippen MR) is 154 cm³/mol. The molecule has 0 aliphatic heterocycles. The summed E-state index contributed by atoms with van der Waals surface area (Å²) in [5.74, 6) is 1.33. The lowest BCUT2D eigenvalue weighted by Gasteiger charge is -2.08. The van der Waals surface area contributed by atoms with E-state index >= 15 is 0 Å². The summed E-state index contributed by atoms with van der Waals surface area (Å²) in [6, 6.07) is 19.1. The number of aromatic hydroxyl groups is 1. The number of halogens is 1. The number of rotatable bonds is 12. The first-order chi connectivity index (χ1) is 17.8. The maximum Gasteiger partial charge on any atom is 0.197 e. The number of ether oxygens (including phenoxy) is 1. The molecular formula is C30H28BIO5. The Morgan fingerprint density at radius 1 is 1.00 bits per heavy atom. The number of phenols is 1. The number of hydrogen-bond donors (Lipinski definition) is 1. The van der Waals surface area contributed by atoms with Gasteiger partial charge in [-0.25, -0.2) is 0 Å². The van der Waals surface area contributed by atoms with Crippen LogP contribution in [0.3, 0.4) is 0 Å². The molecule has 4 rings (SSSR count). The highest BCUT2D eigenvalue weighted by Crippen LogP contribution is 2.34. The Labute approximate surface area is 231 Å². The SMILES string of the molecule is [B]C(=O)CCCCCc1oc2cc(OCCc3ccccc3)ccc2c1C(=O)c1cc(C)c(O)c(I)c1. The van der Waals surface area contributed by atoms with E-state index in [1.807, 2.05) is 59.0 Å². The Bertz CT molecular complexity index is 1390. The van der Waals surface area contributed by atoms with Crippen LogP contribution in [-0.4, -0.2) is 31.0 Å². The van der Waals surface area contributed by atoms with E-state index in [2.05, 4.69) is 12.1 Å². The summed E-state index contributed by atoms with van der Waals surface area (Å²) < 4.78 is 12.8. The fourth-order valence-electron chi connectivity index (χ4n) is 4.35. The lowest BCUT2D eigenvalue weighted by Crippen LogP contribution is -2.05. The topological polar surface area (TPSA) is 76.7 Å². The van der Waals surface area contributed by atoms with E-state index in [0.717, 1.165) is 24.6 Å². The molecule has 37 heavy (non-hydrogen) atoms. The van der Waals surface area contributed by atoms with Crippen LogP contribution in [0.2, 0.25) is 0 Å². The van der Waals surface area contributed by atoms with Gasteiger partial charge < -0.3 is 19.1 Å². The molecule has 0 fully saturated rings. The number of hydrogen-bond acceptors (Lipinski definition) is 5. The average Bonchev–Trinajstić information content (AvgIpc) is 3.24. The Hall–Kier alpha value is -3.07. The molecule has 5 nitrogen and oxygen atoms in total. The first-order valence-electron chi connectivity index (χ1n) is 12.4. The van der Waals surface area contributed by atoms with Crippen LogP contribution >= 0.6 is 22.6 Å². The molecule has 0 amide bonds. The van der Waals surface area contributed by atoms with Crippen molar-refractivity contribution in [3.63, 3.8) is 0 Å². The van der Waals surface area contributed by atoms with Gasteiger partial charge in [0.15, 0.2) is 13.6 Å². The Morgan fingerprint density at radius 2 is 1.78 bits per heavy atom. The van der Waals surface area contributed by atoms with Gasteiger partial charge in [-0.2, -0.15) is 0 Å². The summed E-state index contributed by atoms with van der Waals surface area (Å²) in [7, 11) is 5.25. The second-order valence-corrected chi connectivity index (χ2v) is 10.3. The van der Waals surface area contributed by atoms with E-state index in [1.54, 1.807) is 19.1 Å². The number of carbonyl (C=O) groups is 2. The number of phenolic OH excluding ortho intramolecular Hbond substituents is 1. The van der Waals surface area contributed by atoms with Gasteiger partial charge in [0, 0.05) is 29.9 Å². The van der Waals surface area contributed by atoms with Crippen molar-refractivity contribution in [3.8, 4) is 11.5 Å². The van der Waals surface area contributed by atoms with E-state index in [-0.39, 0.29) is 17.2 Å². The molecule has 0 spiro atoms. The number of carbonyl (C=O) groups excluding carboxylic acids is 2. The van der Waals surface area contributed by atoms with E-state index < -0.39 is 0 Å². The molecule has 1 heterocycles. The van der Waals surface area contributed by atoms with Crippen LogP contribution in [0.1, 0.15) is 58.5 Å². The van der Waals surface area contributed by atoms with Gasteiger partial charge in [0.25, 0.3) is 0 Å². The number of benzene rings is 3. The first-order valence-corrected chi connectivity index (χ1v) is 13.5. The third-order valence-electron chi connectivity index (χ3n) is 6.31. The van der Waals surface area contributed by atoms with Crippen molar-refractivity contribution >= 4 is 52.9 Å². The van der Waals surface area contributed by atoms with Crippen molar-refractivity contribution in [1.82, 2.24) is 0 Å². The highest BCUT2D eigenvalue weighted by molar-refractivity contribution is 14.1. The van der Waals surface area contributed by atoms with Crippen LogP contribution in [0.5, 0.6) is 11.5 Å². The Kier molecular flexibility index (Phi) is 9.08. The van der Waals surface area contributed by atoms with E-state index in [9.17, 15) is 14.7 Å². The summed E-state index contributed by atoms with van der Waals surface area (Å²) in [5.41, 5.74) is 3.16. The van der Waals surface area contributed by atoms with Gasteiger partial charge in [-0.15, -0.1) is 0 Å². The molecule has 4 aromatic rings. The minimum absolute atomic E-state index is 0.148. The van der Waals surface area contributed by atoms with Crippen molar-refractivity contribution in [3.05, 3.63) is 92.2 Å². The molecule has 0 bridgehead atoms. The third kappa shape index (κ3) is 6.83. The van der Waals surface area contributed by atoms with E-state index in [4.69, 9.17) is 17.0 Å². The van der Waals surface area contributed by atoms with Crippen LogP contribution < -0.4 is 4.74 Å². The van der Waals surface area contributed by atoms with Crippen molar-refractivity contribution < 1.29 is 23.8 Å². The number of aryl methyl sites for hydroxylation is 2. The van der Waals surface area contributed by atoms with Crippen LogP contribution in [0.4, 0.5) is 0 Å². The molecule has 7 heteroatoms. The summed E-state index contributed by atoms with van der Waals surface area (Å²) in [6.45, 7) is 2.31. The summed E-state index contributed by atoms with van der Waals surface area (Å²) >= 11 is 2.03. The second kappa shape index (κ2) is 12.5. The Balaban J connectivity index is 1.60. The van der Waals surface area contributed by atoms with Gasteiger partial charge in [0.2, 0.25) is 0 Å². The summed E-state index contributed by atoms with van der Waals surface area (Å²) in [6.07, 6.45) is 3.97. The zero-order valence-corrected chi connectivity index (χ0v) is 22.9. The Morgan fingerprint density at radius 3 is 2.51 bits per heavy atom. The predicted octanol–water partition coefficient (Wildman–Crippen LogP) is 6.70. The van der Waals surface area contributed by atoms with Crippen molar-refractivity contribution in [2.75, 3.05) is 6.61 Å². The maximum absolute atomic E-state index is 13.7. The standard InChI is InChI=1S/C30H28BIO5/c1-19-16-21(17-24(32)29(19)34)30(35)28-23-13-12-22(36-15-14-20-8-4-2-5-9-20)18-26(23)37-25(28)10-6-3-7-11-27(31)33/h2,4-5,8-9,12-13,16-18,34H,3,6-7,10-11,14-15H2,1H3. The minimum Gasteiger partial charge on any atom is -0.507 e. The molecule has 1 aromatic heterocycles. The fourth-order valence-corrected chi connectivity index (χ4v) is 5.11. The second-order valence-electron chi connectivity index (χ2n) is 9.12. The van der Waals surface area contributed by atoms with Gasteiger partial charge in [-0.1, -0.05) is 36.8 Å². The molecule has 2 radical (unpaired) electrons. The molecule has 188 valence electrons. The van der Waals surface area contributed by atoms with Crippen molar-refractivity contribution in [2.24, 2.45) is 0 Å². The quantitative estimate of drug-likeness (QED) is 0.0841. The maximum atomic E-state index is 13.7.